The van der Waals surface area contributed by atoms with E-state index in [-0.39, 0.29) is 17.1 Å². The molecule has 0 aromatic heterocycles. The van der Waals surface area contributed by atoms with Gasteiger partial charge in [0.15, 0.2) is 0 Å². The molecule has 0 saturated heterocycles. The second-order valence-corrected chi connectivity index (χ2v) is 7.09. The highest BCUT2D eigenvalue weighted by Gasteiger charge is 2.22. The summed E-state index contributed by atoms with van der Waals surface area (Å²) in [5.74, 6) is -0.156. The number of nitrogens with one attached hydrogen (secondary N) is 2. The van der Waals surface area contributed by atoms with Gasteiger partial charge in [0.1, 0.15) is 0 Å². The number of carbonyl (C=O) groups excluding carboxylic acids is 2. The highest BCUT2D eigenvalue weighted by molar-refractivity contribution is 8.00. The Balaban J connectivity index is 1.67. The molecule has 2 aromatic rings. The Hall–Kier alpha value is -1.98. The fourth-order valence-corrected chi connectivity index (χ4v) is 3.31. The molecule has 23 heavy (non-hydrogen) atoms. The van der Waals surface area contributed by atoms with Gasteiger partial charge in [0, 0.05) is 22.0 Å². The average molecular weight is 347 g/mol. The first-order valence-corrected chi connectivity index (χ1v) is 8.43. The zero-order valence-corrected chi connectivity index (χ0v) is 14.0. The summed E-state index contributed by atoms with van der Waals surface area (Å²) in [4.78, 5) is 24.9. The number of anilines is 1. The van der Waals surface area contributed by atoms with E-state index in [1.54, 1.807) is 24.3 Å². The van der Waals surface area contributed by atoms with Crippen LogP contribution in [-0.2, 0) is 11.3 Å². The molecule has 0 saturated carbocycles. The van der Waals surface area contributed by atoms with E-state index >= 15 is 0 Å². The number of rotatable bonds is 3. The maximum atomic E-state index is 12.1. The summed E-state index contributed by atoms with van der Waals surface area (Å²) < 4.78 is 0. The first-order valence-electron chi connectivity index (χ1n) is 7.17. The van der Waals surface area contributed by atoms with Crippen molar-refractivity contribution in [2.45, 2.75) is 23.6 Å². The van der Waals surface area contributed by atoms with Gasteiger partial charge in [-0.25, -0.2) is 0 Å². The predicted molar refractivity (Wildman–Crippen MR) is 93.0 cm³/mol. The molecule has 1 heterocycles. The van der Waals surface area contributed by atoms with Gasteiger partial charge in [0.05, 0.1) is 10.9 Å². The molecule has 3 rings (SSSR count). The monoisotopic (exact) mass is 346 g/mol. The minimum Gasteiger partial charge on any atom is -0.348 e. The van der Waals surface area contributed by atoms with Crippen molar-refractivity contribution in [3.63, 3.8) is 0 Å². The summed E-state index contributed by atoms with van der Waals surface area (Å²) in [7, 11) is 0. The maximum Gasteiger partial charge on any atom is 0.251 e. The molecule has 2 amide bonds. The van der Waals surface area contributed by atoms with Gasteiger partial charge in [-0.1, -0.05) is 17.7 Å². The van der Waals surface area contributed by atoms with Crippen molar-refractivity contribution in [1.29, 1.82) is 0 Å². The lowest BCUT2D eigenvalue weighted by molar-refractivity contribution is -0.115. The Bertz CT molecular complexity index is 762. The van der Waals surface area contributed by atoms with E-state index in [1.807, 2.05) is 25.1 Å². The van der Waals surface area contributed by atoms with E-state index in [9.17, 15) is 9.59 Å². The third-order valence-corrected chi connectivity index (χ3v) is 4.96. The number of amides is 2. The third kappa shape index (κ3) is 3.68. The van der Waals surface area contributed by atoms with Crippen molar-refractivity contribution < 1.29 is 9.59 Å². The van der Waals surface area contributed by atoms with E-state index < -0.39 is 0 Å². The summed E-state index contributed by atoms with van der Waals surface area (Å²) in [6.45, 7) is 2.27. The van der Waals surface area contributed by atoms with Crippen molar-refractivity contribution in [3.05, 3.63) is 58.6 Å². The average Bonchev–Trinajstić information content (AvgIpc) is 2.54. The van der Waals surface area contributed by atoms with Crippen LogP contribution in [0.3, 0.4) is 0 Å². The molecule has 2 aromatic carbocycles. The molecule has 1 aliphatic rings. The van der Waals surface area contributed by atoms with Gasteiger partial charge < -0.3 is 10.6 Å². The van der Waals surface area contributed by atoms with Crippen LogP contribution in [0.5, 0.6) is 0 Å². The second-order valence-electron chi connectivity index (χ2n) is 5.27. The van der Waals surface area contributed by atoms with E-state index in [1.165, 1.54) is 11.8 Å². The number of hydrogen-bond donors (Lipinski definition) is 2. The smallest absolute Gasteiger partial charge is 0.251 e. The molecule has 6 heteroatoms. The molecule has 1 aliphatic heterocycles. The lowest BCUT2D eigenvalue weighted by atomic mass is 10.1. The molecule has 0 spiro atoms. The van der Waals surface area contributed by atoms with E-state index in [0.29, 0.717) is 17.1 Å². The number of thioether (sulfide) groups is 1. The number of benzene rings is 2. The lowest BCUT2D eigenvalue weighted by Crippen LogP contribution is -2.27. The Morgan fingerprint density at radius 2 is 2.00 bits per heavy atom. The third-order valence-electron chi connectivity index (χ3n) is 3.53. The highest BCUT2D eigenvalue weighted by Crippen LogP contribution is 2.35. The quantitative estimate of drug-likeness (QED) is 0.890. The van der Waals surface area contributed by atoms with Crippen molar-refractivity contribution in [1.82, 2.24) is 5.32 Å². The minimum atomic E-state index is -0.161. The van der Waals surface area contributed by atoms with Gasteiger partial charge in [-0.05, 0) is 48.9 Å². The highest BCUT2D eigenvalue weighted by atomic mass is 35.5. The van der Waals surface area contributed by atoms with Crippen LogP contribution in [0.2, 0.25) is 5.02 Å². The zero-order chi connectivity index (χ0) is 16.4. The molecule has 0 radical (unpaired) electrons. The second kappa shape index (κ2) is 6.64. The van der Waals surface area contributed by atoms with E-state index in [2.05, 4.69) is 10.6 Å². The van der Waals surface area contributed by atoms with Crippen LogP contribution in [-0.4, -0.2) is 17.1 Å². The van der Waals surface area contributed by atoms with Crippen LogP contribution in [0.25, 0.3) is 0 Å². The predicted octanol–water partition coefficient (Wildman–Crippen LogP) is 3.70. The van der Waals surface area contributed by atoms with Gasteiger partial charge in [-0.2, -0.15) is 0 Å². The van der Waals surface area contributed by atoms with Crippen molar-refractivity contribution in [3.8, 4) is 0 Å². The molecule has 118 valence electrons. The summed E-state index contributed by atoms with van der Waals surface area (Å²) in [6, 6.07) is 12.6. The van der Waals surface area contributed by atoms with Crippen LogP contribution in [0.4, 0.5) is 5.69 Å². The van der Waals surface area contributed by atoms with Crippen LogP contribution in [0.1, 0.15) is 22.8 Å². The summed E-state index contributed by atoms with van der Waals surface area (Å²) in [5, 5.41) is 6.26. The van der Waals surface area contributed by atoms with E-state index in [4.69, 9.17) is 11.6 Å². The minimum absolute atomic E-state index is 0.00449. The van der Waals surface area contributed by atoms with Crippen LogP contribution < -0.4 is 10.6 Å². The Morgan fingerprint density at radius 1 is 1.26 bits per heavy atom. The Labute approximate surface area is 143 Å². The standard InChI is InChI=1S/C17H15ClN2O2S/c1-10-16(21)20-14-8-11(2-7-15(14)23-10)9-19-17(22)12-3-5-13(18)6-4-12/h2-8,10H,9H2,1H3,(H,19,22)(H,20,21). The van der Waals surface area contributed by atoms with Crippen LogP contribution in [0.15, 0.2) is 47.4 Å². The van der Waals surface area contributed by atoms with Gasteiger partial charge in [0.25, 0.3) is 5.91 Å². The SMILES string of the molecule is CC1Sc2ccc(CNC(=O)c3ccc(Cl)cc3)cc2NC1=O. The van der Waals surface area contributed by atoms with Crippen LogP contribution >= 0.6 is 23.4 Å². The zero-order valence-electron chi connectivity index (χ0n) is 12.4. The normalized spacial score (nSPS) is 16.4. The fraction of sp³-hybridized carbons (Fsp3) is 0.176. The topological polar surface area (TPSA) is 58.2 Å². The maximum absolute atomic E-state index is 12.1. The van der Waals surface area contributed by atoms with Crippen molar-refractivity contribution >= 4 is 40.9 Å². The molecule has 0 bridgehead atoms. The van der Waals surface area contributed by atoms with Crippen molar-refractivity contribution in [2.24, 2.45) is 0 Å². The molecule has 4 nitrogen and oxygen atoms in total. The first-order chi connectivity index (χ1) is 11.0. The Morgan fingerprint density at radius 3 is 2.74 bits per heavy atom. The molecule has 1 atom stereocenters. The first kappa shape index (κ1) is 15.9. The number of hydrogen-bond acceptors (Lipinski definition) is 3. The van der Waals surface area contributed by atoms with Gasteiger partial charge >= 0.3 is 0 Å². The lowest BCUT2D eigenvalue weighted by Gasteiger charge is -2.22. The number of fused-ring (bicyclic) bond motifs is 1. The molecular weight excluding hydrogens is 332 g/mol. The molecule has 0 aliphatic carbocycles. The summed E-state index contributed by atoms with van der Waals surface area (Å²) >= 11 is 7.35. The molecule has 1 unspecified atom stereocenters. The largest absolute Gasteiger partial charge is 0.348 e. The number of halogens is 1. The van der Waals surface area contributed by atoms with Gasteiger partial charge in [0.2, 0.25) is 5.91 Å². The fourth-order valence-electron chi connectivity index (χ4n) is 2.25. The summed E-state index contributed by atoms with van der Waals surface area (Å²) in [5.41, 5.74) is 2.29. The van der Waals surface area contributed by atoms with Gasteiger partial charge in [-0.15, -0.1) is 11.8 Å². The molecular formula is C17H15ClN2O2S. The Kier molecular flexibility index (Phi) is 4.59. The van der Waals surface area contributed by atoms with Gasteiger partial charge in [-0.3, -0.25) is 9.59 Å². The molecule has 2 N–H and O–H groups in total. The van der Waals surface area contributed by atoms with Crippen LogP contribution in [0, 0.1) is 0 Å². The summed E-state index contributed by atoms with van der Waals surface area (Å²) in [6.07, 6.45) is 0. The molecule has 0 fully saturated rings. The number of carbonyl (C=O) groups is 2. The van der Waals surface area contributed by atoms with Crippen molar-refractivity contribution in [2.75, 3.05) is 5.32 Å². The van der Waals surface area contributed by atoms with E-state index in [0.717, 1.165) is 16.1 Å².